The summed E-state index contributed by atoms with van der Waals surface area (Å²) in [6.45, 7) is 2.34. The number of amides is 1. The molecule has 6 nitrogen and oxygen atoms in total. The van der Waals surface area contributed by atoms with Gasteiger partial charge in [-0.2, -0.15) is 0 Å². The molecule has 0 fully saturated rings. The van der Waals surface area contributed by atoms with E-state index in [1.807, 2.05) is 6.92 Å². The van der Waals surface area contributed by atoms with Crippen molar-refractivity contribution in [1.82, 2.24) is 4.98 Å². The quantitative estimate of drug-likeness (QED) is 0.491. The molecule has 5 rings (SSSR count). The number of rotatable bonds is 4. The lowest BCUT2D eigenvalue weighted by Gasteiger charge is -2.24. The normalized spacial score (nSPS) is 15.4. The van der Waals surface area contributed by atoms with E-state index in [0.29, 0.717) is 23.7 Å². The number of hydrogen-bond acceptors (Lipinski definition) is 5. The molecular formula is C24H17FN2O4. The van der Waals surface area contributed by atoms with Gasteiger partial charge >= 0.3 is 0 Å². The van der Waals surface area contributed by atoms with E-state index in [-0.39, 0.29) is 22.3 Å². The van der Waals surface area contributed by atoms with E-state index in [1.165, 1.54) is 17.0 Å². The highest BCUT2D eigenvalue weighted by Crippen LogP contribution is 2.41. The van der Waals surface area contributed by atoms with Crippen LogP contribution in [0.4, 0.5) is 10.2 Å². The van der Waals surface area contributed by atoms with Gasteiger partial charge in [-0.05, 0) is 55.0 Å². The van der Waals surface area contributed by atoms with Crippen molar-refractivity contribution in [1.29, 1.82) is 0 Å². The van der Waals surface area contributed by atoms with E-state index < -0.39 is 23.2 Å². The summed E-state index contributed by atoms with van der Waals surface area (Å²) in [6, 6.07) is 15.2. The summed E-state index contributed by atoms with van der Waals surface area (Å²) in [5, 5.41) is 0.0837. The number of halogens is 1. The second kappa shape index (κ2) is 7.36. The Kier molecular flexibility index (Phi) is 4.51. The molecule has 31 heavy (non-hydrogen) atoms. The van der Waals surface area contributed by atoms with Crippen LogP contribution in [-0.4, -0.2) is 17.5 Å². The number of carbonyl (C=O) groups is 1. The lowest BCUT2D eigenvalue weighted by Crippen LogP contribution is -2.30. The van der Waals surface area contributed by atoms with Crippen molar-refractivity contribution in [3.8, 4) is 5.75 Å². The van der Waals surface area contributed by atoms with Crippen LogP contribution in [0.5, 0.6) is 5.75 Å². The number of anilines is 1. The number of ether oxygens (including phenoxy) is 1. The standard InChI is InChI=1S/C24H17FN2O4/c1-2-30-16-7-5-6-14(12-16)21-20-22(28)17-13-15(25)9-10-18(17)31-23(20)24(29)27(21)19-8-3-4-11-26-19/h3-13,21H,2H2,1H3. The van der Waals surface area contributed by atoms with Gasteiger partial charge in [0.1, 0.15) is 23.0 Å². The topological polar surface area (TPSA) is 72.6 Å². The molecule has 1 atom stereocenters. The number of benzene rings is 2. The predicted molar refractivity (Wildman–Crippen MR) is 113 cm³/mol. The molecule has 154 valence electrons. The van der Waals surface area contributed by atoms with Crippen LogP contribution in [0.2, 0.25) is 0 Å². The van der Waals surface area contributed by atoms with E-state index in [9.17, 15) is 14.0 Å². The summed E-state index contributed by atoms with van der Waals surface area (Å²) in [5.74, 6) is -0.121. The SMILES string of the molecule is CCOc1cccc(C2c3c(oc4ccc(F)cc4c3=O)C(=O)N2c2ccccn2)c1. The maximum atomic E-state index is 13.9. The number of aromatic nitrogens is 1. The van der Waals surface area contributed by atoms with Crippen LogP contribution in [0, 0.1) is 5.82 Å². The largest absolute Gasteiger partial charge is 0.494 e. The van der Waals surface area contributed by atoms with Crippen molar-refractivity contribution in [2.45, 2.75) is 13.0 Å². The average Bonchev–Trinajstić information content (AvgIpc) is 3.08. The Morgan fingerprint density at radius 2 is 1.97 bits per heavy atom. The van der Waals surface area contributed by atoms with E-state index in [2.05, 4.69) is 4.98 Å². The minimum absolute atomic E-state index is 0.0680. The molecule has 0 saturated carbocycles. The summed E-state index contributed by atoms with van der Waals surface area (Å²) >= 11 is 0. The van der Waals surface area contributed by atoms with E-state index >= 15 is 0 Å². The molecule has 0 aliphatic carbocycles. The first kappa shape index (κ1) is 19.0. The molecule has 1 aliphatic heterocycles. The van der Waals surface area contributed by atoms with Crippen LogP contribution in [0.1, 0.15) is 34.6 Å². The van der Waals surface area contributed by atoms with Crippen LogP contribution in [-0.2, 0) is 0 Å². The first-order chi connectivity index (χ1) is 15.1. The lowest BCUT2D eigenvalue weighted by atomic mass is 9.98. The molecule has 0 radical (unpaired) electrons. The number of fused-ring (bicyclic) bond motifs is 2. The zero-order valence-electron chi connectivity index (χ0n) is 16.5. The van der Waals surface area contributed by atoms with E-state index in [0.717, 1.165) is 6.07 Å². The maximum Gasteiger partial charge on any atom is 0.296 e. The van der Waals surface area contributed by atoms with Gasteiger partial charge in [-0.3, -0.25) is 14.5 Å². The minimum atomic E-state index is -0.790. The Morgan fingerprint density at radius 1 is 1.10 bits per heavy atom. The first-order valence-corrected chi connectivity index (χ1v) is 9.82. The van der Waals surface area contributed by atoms with Gasteiger partial charge in [0.2, 0.25) is 5.76 Å². The van der Waals surface area contributed by atoms with Crippen LogP contribution in [0.15, 0.2) is 76.1 Å². The molecule has 7 heteroatoms. The molecule has 0 spiro atoms. The Labute approximate surface area is 176 Å². The second-order valence-electron chi connectivity index (χ2n) is 7.09. The summed E-state index contributed by atoms with van der Waals surface area (Å²) in [6.07, 6.45) is 1.57. The van der Waals surface area contributed by atoms with Crippen LogP contribution in [0.25, 0.3) is 11.0 Å². The van der Waals surface area contributed by atoms with Gasteiger partial charge in [-0.15, -0.1) is 0 Å². The Hall–Kier alpha value is -4.00. The van der Waals surface area contributed by atoms with Crippen LogP contribution >= 0.6 is 0 Å². The lowest BCUT2D eigenvalue weighted by molar-refractivity contribution is 0.0970. The Bertz CT molecular complexity index is 1370. The number of nitrogens with zero attached hydrogens (tertiary/aromatic N) is 2. The molecule has 1 aliphatic rings. The van der Waals surface area contributed by atoms with Crippen molar-refractivity contribution in [2.75, 3.05) is 11.5 Å². The predicted octanol–water partition coefficient (Wildman–Crippen LogP) is 4.48. The average molecular weight is 416 g/mol. The van der Waals surface area contributed by atoms with Crippen LogP contribution in [0.3, 0.4) is 0 Å². The molecular weight excluding hydrogens is 399 g/mol. The smallest absolute Gasteiger partial charge is 0.296 e. The van der Waals surface area contributed by atoms with Gasteiger partial charge in [-0.25, -0.2) is 9.37 Å². The highest BCUT2D eigenvalue weighted by Gasteiger charge is 2.44. The van der Waals surface area contributed by atoms with Crippen molar-refractivity contribution < 1.29 is 18.3 Å². The van der Waals surface area contributed by atoms with E-state index in [4.69, 9.17) is 9.15 Å². The number of pyridine rings is 1. The number of hydrogen-bond donors (Lipinski definition) is 0. The Balaban J connectivity index is 1.80. The molecule has 0 N–H and O–H groups in total. The highest BCUT2D eigenvalue weighted by molar-refractivity contribution is 6.10. The molecule has 3 heterocycles. The van der Waals surface area contributed by atoms with Gasteiger partial charge in [0, 0.05) is 6.20 Å². The molecule has 2 aromatic heterocycles. The van der Waals surface area contributed by atoms with Gasteiger partial charge < -0.3 is 9.15 Å². The summed E-state index contributed by atoms with van der Waals surface area (Å²) < 4.78 is 25.3. The third kappa shape index (κ3) is 3.06. The van der Waals surface area contributed by atoms with Crippen LogP contribution < -0.4 is 15.1 Å². The molecule has 0 saturated heterocycles. The molecule has 0 bridgehead atoms. The van der Waals surface area contributed by atoms with Crippen molar-refractivity contribution >= 4 is 22.7 Å². The monoisotopic (exact) mass is 416 g/mol. The third-order valence-corrected chi connectivity index (χ3v) is 5.21. The molecule has 4 aromatic rings. The first-order valence-electron chi connectivity index (χ1n) is 9.82. The zero-order chi connectivity index (χ0) is 21.5. The fourth-order valence-electron chi connectivity index (χ4n) is 3.93. The summed E-state index contributed by atoms with van der Waals surface area (Å²) in [4.78, 5) is 32.6. The summed E-state index contributed by atoms with van der Waals surface area (Å²) in [5.41, 5.74) is 0.520. The fraction of sp³-hybridized carbons (Fsp3) is 0.125. The fourth-order valence-corrected chi connectivity index (χ4v) is 3.93. The van der Waals surface area contributed by atoms with Crippen molar-refractivity contribution in [3.05, 3.63) is 99.8 Å². The van der Waals surface area contributed by atoms with Crippen molar-refractivity contribution in [3.63, 3.8) is 0 Å². The van der Waals surface area contributed by atoms with Gasteiger partial charge in [0.25, 0.3) is 5.91 Å². The third-order valence-electron chi connectivity index (χ3n) is 5.21. The second-order valence-corrected chi connectivity index (χ2v) is 7.09. The Morgan fingerprint density at radius 3 is 2.74 bits per heavy atom. The molecule has 1 amide bonds. The minimum Gasteiger partial charge on any atom is -0.494 e. The van der Waals surface area contributed by atoms with E-state index in [1.54, 1.807) is 48.7 Å². The number of carbonyl (C=O) groups excluding carboxylic acids is 1. The summed E-state index contributed by atoms with van der Waals surface area (Å²) in [7, 11) is 0. The van der Waals surface area contributed by atoms with Gasteiger partial charge in [-0.1, -0.05) is 18.2 Å². The molecule has 1 unspecified atom stereocenters. The highest BCUT2D eigenvalue weighted by atomic mass is 19.1. The zero-order valence-corrected chi connectivity index (χ0v) is 16.5. The van der Waals surface area contributed by atoms with Gasteiger partial charge in [0.05, 0.1) is 23.6 Å². The van der Waals surface area contributed by atoms with Crippen molar-refractivity contribution in [2.24, 2.45) is 0 Å². The molecule has 2 aromatic carbocycles. The maximum absolute atomic E-state index is 13.9. The van der Waals surface area contributed by atoms with Gasteiger partial charge in [0.15, 0.2) is 5.43 Å².